The van der Waals surface area contributed by atoms with Crippen molar-refractivity contribution in [3.05, 3.63) is 21.9 Å². The van der Waals surface area contributed by atoms with Crippen LogP contribution in [0.1, 0.15) is 68.4 Å². The van der Waals surface area contributed by atoms with E-state index in [4.69, 9.17) is 0 Å². The average Bonchev–Trinajstić information content (AvgIpc) is 2.90. The van der Waals surface area contributed by atoms with Crippen molar-refractivity contribution in [2.24, 2.45) is 17.8 Å². The maximum absolute atomic E-state index is 3.80. The predicted octanol–water partition coefficient (Wildman–Crippen LogP) is 5.31. The Labute approximate surface area is 128 Å². The first-order chi connectivity index (χ1) is 9.79. The molecular weight excluding hydrogens is 262 g/mol. The van der Waals surface area contributed by atoms with Crippen molar-refractivity contribution in [3.63, 3.8) is 0 Å². The lowest BCUT2D eigenvalue weighted by Crippen LogP contribution is -2.35. The molecule has 1 aromatic rings. The molecule has 0 spiro atoms. The first kappa shape index (κ1) is 14.6. The molecule has 1 aromatic heterocycles. The molecule has 0 aromatic carbocycles. The molecule has 2 saturated carbocycles. The highest BCUT2D eigenvalue weighted by molar-refractivity contribution is 7.10. The highest BCUT2D eigenvalue weighted by Crippen LogP contribution is 2.47. The molecule has 0 saturated heterocycles. The molecule has 0 aliphatic heterocycles. The van der Waals surface area contributed by atoms with Gasteiger partial charge in [-0.3, -0.25) is 0 Å². The van der Waals surface area contributed by atoms with Crippen LogP contribution in [0.2, 0.25) is 0 Å². The summed E-state index contributed by atoms with van der Waals surface area (Å²) < 4.78 is 0. The van der Waals surface area contributed by atoms with E-state index in [2.05, 4.69) is 30.6 Å². The summed E-state index contributed by atoms with van der Waals surface area (Å²) in [5.74, 6) is 2.96. The minimum atomic E-state index is 0.614. The molecule has 4 atom stereocenters. The van der Waals surface area contributed by atoms with Gasteiger partial charge >= 0.3 is 0 Å². The van der Waals surface area contributed by atoms with Crippen LogP contribution in [0.3, 0.4) is 0 Å². The Morgan fingerprint density at radius 3 is 2.70 bits per heavy atom. The van der Waals surface area contributed by atoms with Crippen LogP contribution in [0.25, 0.3) is 0 Å². The summed E-state index contributed by atoms with van der Waals surface area (Å²) in [4.78, 5) is 1.60. The molecule has 1 nitrogen and oxygen atoms in total. The first-order valence-electron chi connectivity index (χ1n) is 8.57. The summed E-state index contributed by atoms with van der Waals surface area (Å²) in [6, 6.07) is 2.90. The fraction of sp³-hybridized carbons (Fsp3) is 0.778. The Bertz CT molecular complexity index is 425. The van der Waals surface area contributed by atoms with E-state index in [-0.39, 0.29) is 0 Å². The summed E-state index contributed by atoms with van der Waals surface area (Å²) in [5, 5.41) is 6.07. The molecule has 4 unspecified atom stereocenters. The van der Waals surface area contributed by atoms with Crippen molar-refractivity contribution >= 4 is 11.3 Å². The van der Waals surface area contributed by atoms with Crippen LogP contribution in [-0.4, -0.2) is 6.54 Å². The second kappa shape index (κ2) is 6.62. The molecule has 20 heavy (non-hydrogen) atoms. The van der Waals surface area contributed by atoms with Crippen LogP contribution in [0, 0.1) is 24.7 Å². The van der Waals surface area contributed by atoms with Crippen molar-refractivity contribution in [2.75, 3.05) is 6.54 Å². The van der Waals surface area contributed by atoms with Gasteiger partial charge in [-0.05, 0) is 67.5 Å². The monoisotopic (exact) mass is 291 g/mol. The van der Waals surface area contributed by atoms with E-state index in [0.717, 1.165) is 24.3 Å². The largest absolute Gasteiger partial charge is 0.309 e. The first-order valence-corrected chi connectivity index (χ1v) is 9.45. The zero-order chi connectivity index (χ0) is 13.9. The molecule has 1 heterocycles. The minimum Gasteiger partial charge on any atom is -0.309 e. The molecule has 3 rings (SSSR count). The molecule has 2 aliphatic rings. The van der Waals surface area contributed by atoms with E-state index >= 15 is 0 Å². The molecule has 0 bridgehead atoms. The number of rotatable bonds is 4. The highest BCUT2D eigenvalue weighted by atomic mass is 32.1. The van der Waals surface area contributed by atoms with Crippen LogP contribution in [0.5, 0.6) is 0 Å². The van der Waals surface area contributed by atoms with Gasteiger partial charge in [0, 0.05) is 10.9 Å². The van der Waals surface area contributed by atoms with Gasteiger partial charge in [0.2, 0.25) is 0 Å². The Morgan fingerprint density at radius 1 is 1.20 bits per heavy atom. The van der Waals surface area contributed by atoms with E-state index in [0.29, 0.717) is 6.04 Å². The van der Waals surface area contributed by atoms with Gasteiger partial charge < -0.3 is 5.32 Å². The van der Waals surface area contributed by atoms with Crippen molar-refractivity contribution in [1.29, 1.82) is 0 Å². The van der Waals surface area contributed by atoms with Crippen LogP contribution < -0.4 is 5.32 Å². The Morgan fingerprint density at radius 2 is 2.00 bits per heavy atom. The maximum atomic E-state index is 3.80. The van der Waals surface area contributed by atoms with E-state index in [1.54, 1.807) is 4.88 Å². The van der Waals surface area contributed by atoms with Gasteiger partial charge in [0.15, 0.2) is 0 Å². The summed E-state index contributed by atoms with van der Waals surface area (Å²) >= 11 is 1.96. The Hall–Kier alpha value is -0.340. The van der Waals surface area contributed by atoms with Crippen LogP contribution in [-0.2, 0) is 0 Å². The summed E-state index contributed by atoms with van der Waals surface area (Å²) in [5.41, 5.74) is 1.49. The molecule has 0 amide bonds. The van der Waals surface area contributed by atoms with Gasteiger partial charge in [0.05, 0.1) is 0 Å². The van der Waals surface area contributed by atoms with Crippen LogP contribution in [0.15, 0.2) is 11.4 Å². The summed E-state index contributed by atoms with van der Waals surface area (Å²) in [7, 11) is 0. The Kier molecular flexibility index (Phi) is 4.83. The van der Waals surface area contributed by atoms with Crippen molar-refractivity contribution in [2.45, 2.75) is 64.8 Å². The third-order valence-corrected chi connectivity index (χ3v) is 6.76. The smallest absolute Gasteiger partial charge is 0.0446 e. The number of nitrogens with one attached hydrogen (secondary N) is 1. The molecule has 2 heteroatoms. The predicted molar refractivity (Wildman–Crippen MR) is 88.3 cm³/mol. The molecular formula is C18H29NS. The summed E-state index contributed by atoms with van der Waals surface area (Å²) in [6.45, 7) is 5.62. The van der Waals surface area contributed by atoms with E-state index in [9.17, 15) is 0 Å². The number of hydrogen-bond acceptors (Lipinski definition) is 2. The topological polar surface area (TPSA) is 12.0 Å². The number of fused-ring (bicyclic) bond motifs is 1. The molecule has 2 fully saturated rings. The van der Waals surface area contributed by atoms with E-state index in [1.165, 1.54) is 50.5 Å². The zero-order valence-electron chi connectivity index (χ0n) is 13.0. The molecule has 112 valence electrons. The maximum Gasteiger partial charge on any atom is 0.0446 e. The minimum absolute atomic E-state index is 0.614. The second-order valence-corrected chi connectivity index (χ2v) is 7.83. The Balaban J connectivity index is 1.73. The SMILES string of the molecule is CCNC(c1sccc1C)C1CCC2CCCCC2C1. The highest BCUT2D eigenvalue weighted by Gasteiger charge is 2.36. The normalized spacial score (nSPS) is 31.8. The third kappa shape index (κ3) is 2.96. The lowest BCUT2D eigenvalue weighted by molar-refractivity contribution is 0.110. The fourth-order valence-electron chi connectivity index (χ4n) is 4.61. The quantitative estimate of drug-likeness (QED) is 0.792. The molecule has 0 radical (unpaired) electrons. The number of thiophene rings is 1. The fourth-order valence-corrected chi connectivity index (χ4v) is 5.70. The van der Waals surface area contributed by atoms with E-state index in [1.807, 2.05) is 11.3 Å². The van der Waals surface area contributed by atoms with E-state index < -0.39 is 0 Å². The van der Waals surface area contributed by atoms with Gasteiger partial charge in [0.1, 0.15) is 0 Å². The van der Waals surface area contributed by atoms with Crippen LogP contribution >= 0.6 is 11.3 Å². The van der Waals surface area contributed by atoms with Gasteiger partial charge in [-0.25, -0.2) is 0 Å². The standard InChI is InChI=1S/C18H29NS/c1-3-19-17(18-13(2)10-11-20-18)16-9-8-14-6-4-5-7-15(14)12-16/h10-11,14-17,19H,3-9,12H2,1-2H3. The zero-order valence-corrected chi connectivity index (χ0v) is 13.8. The lowest BCUT2D eigenvalue weighted by Gasteiger charge is -2.42. The third-order valence-electron chi connectivity index (χ3n) is 5.66. The lowest BCUT2D eigenvalue weighted by atomic mass is 9.66. The van der Waals surface area contributed by atoms with Crippen molar-refractivity contribution in [3.8, 4) is 0 Å². The molecule has 1 N–H and O–H groups in total. The van der Waals surface area contributed by atoms with Gasteiger partial charge in [0.25, 0.3) is 0 Å². The van der Waals surface area contributed by atoms with Crippen molar-refractivity contribution in [1.82, 2.24) is 5.32 Å². The number of hydrogen-bond donors (Lipinski definition) is 1. The second-order valence-electron chi connectivity index (χ2n) is 6.88. The van der Waals surface area contributed by atoms with Crippen LogP contribution in [0.4, 0.5) is 0 Å². The van der Waals surface area contributed by atoms with Gasteiger partial charge in [-0.1, -0.05) is 32.6 Å². The van der Waals surface area contributed by atoms with Gasteiger partial charge in [-0.2, -0.15) is 0 Å². The molecule has 2 aliphatic carbocycles. The van der Waals surface area contributed by atoms with Gasteiger partial charge in [-0.15, -0.1) is 11.3 Å². The average molecular weight is 292 g/mol. The van der Waals surface area contributed by atoms with Crippen molar-refractivity contribution < 1.29 is 0 Å². The number of aryl methyl sites for hydroxylation is 1. The summed E-state index contributed by atoms with van der Waals surface area (Å²) in [6.07, 6.45) is 10.4.